The first-order valence-electron chi connectivity index (χ1n) is 3.72. The van der Waals surface area contributed by atoms with E-state index in [2.05, 4.69) is 4.98 Å². The molecule has 0 radical (unpaired) electrons. The van der Waals surface area contributed by atoms with Crippen molar-refractivity contribution in [3.63, 3.8) is 0 Å². The highest BCUT2D eigenvalue weighted by atomic mass is 19.3. The van der Waals surface area contributed by atoms with Gasteiger partial charge < -0.3 is 10.8 Å². The lowest BCUT2D eigenvalue weighted by Crippen LogP contribution is -2.14. The van der Waals surface area contributed by atoms with E-state index in [0.717, 1.165) is 6.07 Å². The number of amides is 1. The van der Waals surface area contributed by atoms with Crippen LogP contribution in [0.15, 0.2) is 6.07 Å². The molecule has 1 rings (SSSR count). The summed E-state index contributed by atoms with van der Waals surface area (Å²) in [7, 11) is 0. The summed E-state index contributed by atoms with van der Waals surface area (Å²) in [6.07, 6.45) is -2.88. The van der Waals surface area contributed by atoms with Crippen LogP contribution in [0.25, 0.3) is 0 Å². The summed E-state index contributed by atoms with van der Waals surface area (Å²) in [5.74, 6) is -1.54. The van der Waals surface area contributed by atoms with Crippen LogP contribution in [0.3, 0.4) is 0 Å². The SMILES string of the molecule is Cc1nc(C(F)F)c(O)cc1C(N)=O. The van der Waals surface area contributed by atoms with Gasteiger partial charge in [-0.1, -0.05) is 0 Å². The molecule has 0 unspecified atom stereocenters. The fourth-order valence-corrected chi connectivity index (χ4v) is 1.02. The Morgan fingerprint density at radius 1 is 1.64 bits per heavy atom. The number of aryl methyl sites for hydroxylation is 1. The van der Waals surface area contributed by atoms with E-state index in [1.165, 1.54) is 6.92 Å². The number of carbonyl (C=O) groups is 1. The second kappa shape index (κ2) is 3.57. The van der Waals surface area contributed by atoms with Gasteiger partial charge in [-0.05, 0) is 13.0 Å². The van der Waals surface area contributed by atoms with E-state index in [-0.39, 0.29) is 11.3 Å². The van der Waals surface area contributed by atoms with Gasteiger partial charge in [0.1, 0.15) is 11.4 Å². The Hall–Kier alpha value is -1.72. The zero-order chi connectivity index (χ0) is 10.9. The molecule has 76 valence electrons. The average molecular weight is 202 g/mol. The lowest BCUT2D eigenvalue weighted by Gasteiger charge is -2.06. The monoisotopic (exact) mass is 202 g/mol. The fourth-order valence-electron chi connectivity index (χ4n) is 1.02. The zero-order valence-corrected chi connectivity index (χ0v) is 7.29. The highest BCUT2D eigenvalue weighted by Gasteiger charge is 2.18. The van der Waals surface area contributed by atoms with Crippen molar-refractivity contribution in [1.29, 1.82) is 0 Å². The van der Waals surface area contributed by atoms with Crippen molar-refractivity contribution >= 4 is 5.91 Å². The number of pyridine rings is 1. The van der Waals surface area contributed by atoms with Crippen LogP contribution >= 0.6 is 0 Å². The quantitative estimate of drug-likeness (QED) is 0.754. The number of hydrogen-bond donors (Lipinski definition) is 2. The minimum Gasteiger partial charge on any atom is -0.506 e. The largest absolute Gasteiger partial charge is 0.506 e. The minimum absolute atomic E-state index is 0.0631. The van der Waals surface area contributed by atoms with Gasteiger partial charge in [0.25, 0.3) is 12.3 Å². The zero-order valence-electron chi connectivity index (χ0n) is 7.29. The Morgan fingerprint density at radius 2 is 2.21 bits per heavy atom. The molecule has 4 nitrogen and oxygen atoms in total. The summed E-state index contributed by atoms with van der Waals surface area (Å²) in [6.45, 7) is 1.37. The third kappa shape index (κ3) is 1.78. The fraction of sp³-hybridized carbons (Fsp3) is 0.250. The standard InChI is InChI=1S/C8H8F2N2O2/c1-3-4(8(11)14)2-5(13)6(12-3)7(9)10/h2,7,13H,1H3,(H2,11,14). The lowest BCUT2D eigenvalue weighted by atomic mass is 10.1. The van der Waals surface area contributed by atoms with E-state index in [1.807, 2.05) is 0 Å². The van der Waals surface area contributed by atoms with Gasteiger partial charge in [0.15, 0.2) is 0 Å². The molecule has 0 aromatic carbocycles. The van der Waals surface area contributed by atoms with Gasteiger partial charge in [0.05, 0.1) is 11.3 Å². The van der Waals surface area contributed by atoms with E-state index >= 15 is 0 Å². The number of primary amides is 1. The number of aromatic nitrogens is 1. The molecule has 0 bridgehead atoms. The predicted octanol–water partition coefficient (Wildman–Crippen LogP) is 1.13. The number of nitrogens with zero attached hydrogens (tertiary/aromatic N) is 1. The molecule has 14 heavy (non-hydrogen) atoms. The Balaban J connectivity index is 3.31. The molecule has 1 aromatic heterocycles. The first-order valence-corrected chi connectivity index (χ1v) is 3.72. The number of alkyl halides is 2. The van der Waals surface area contributed by atoms with Crippen molar-refractivity contribution in [2.24, 2.45) is 5.73 Å². The van der Waals surface area contributed by atoms with Crippen LogP contribution in [0, 0.1) is 6.92 Å². The molecule has 1 aromatic rings. The molecule has 1 amide bonds. The molecule has 3 N–H and O–H groups in total. The minimum atomic E-state index is -2.88. The molecule has 0 fully saturated rings. The molecule has 0 atom stereocenters. The van der Waals surface area contributed by atoms with Crippen LogP contribution in [0.4, 0.5) is 8.78 Å². The van der Waals surface area contributed by atoms with Gasteiger partial charge >= 0.3 is 0 Å². The van der Waals surface area contributed by atoms with Crippen LogP contribution in [0.5, 0.6) is 5.75 Å². The Morgan fingerprint density at radius 3 is 2.64 bits per heavy atom. The van der Waals surface area contributed by atoms with Crippen molar-refractivity contribution in [2.45, 2.75) is 13.3 Å². The Kier molecular flexibility index (Phi) is 2.64. The van der Waals surface area contributed by atoms with Gasteiger partial charge in [0, 0.05) is 0 Å². The third-order valence-corrected chi connectivity index (χ3v) is 1.69. The van der Waals surface area contributed by atoms with Crippen LogP contribution < -0.4 is 5.73 Å². The highest BCUT2D eigenvalue weighted by Crippen LogP contribution is 2.27. The molecule has 0 spiro atoms. The number of halogens is 2. The van der Waals surface area contributed by atoms with Crippen LogP contribution in [-0.2, 0) is 0 Å². The second-order valence-corrected chi connectivity index (χ2v) is 2.69. The summed E-state index contributed by atoms with van der Waals surface area (Å²) >= 11 is 0. The maximum atomic E-state index is 12.2. The molecule has 0 aliphatic carbocycles. The average Bonchev–Trinajstić information content (AvgIpc) is 2.07. The highest BCUT2D eigenvalue weighted by molar-refractivity contribution is 5.94. The first kappa shape index (κ1) is 10.4. The molecular weight excluding hydrogens is 194 g/mol. The van der Waals surface area contributed by atoms with Crippen molar-refractivity contribution in [3.05, 3.63) is 23.0 Å². The maximum Gasteiger partial charge on any atom is 0.284 e. The first-order chi connectivity index (χ1) is 6.43. The van der Waals surface area contributed by atoms with E-state index in [1.54, 1.807) is 0 Å². The van der Waals surface area contributed by atoms with Crippen molar-refractivity contribution in [2.75, 3.05) is 0 Å². The van der Waals surface area contributed by atoms with Gasteiger partial charge in [-0.25, -0.2) is 13.8 Å². The molecule has 0 saturated heterocycles. The summed E-state index contributed by atoms with van der Waals surface area (Å²) < 4.78 is 24.4. The normalized spacial score (nSPS) is 10.6. The number of aromatic hydroxyl groups is 1. The number of nitrogens with two attached hydrogens (primary N) is 1. The number of carbonyl (C=O) groups excluding carboxylic acids is 1. The number of rotatable bonds is 2. The molecular formula is C8H8F2N2O2. The van der Waals surface area contributed by atoms with E-state index in [4.69, 9.17) is 10.8 Å². The summed E-state index contributed by atoms with van der Waals surface area (Å²) in [5.41, 5.74) is 4.20. The van der Waals surface area contributed by atoms with Crippen molar-refractivity contribution in [3.8, 4) is 5.75 Å². The van der Waals surface area contributed by atoms with Crippen LogP contribution in [0.1, 0.15) is 28.2 Å². The van der Waals surface area contributed by atoms with Gasteiger partial charge in [-0.3, -0.25) is 4.79 Å². The topological polar surface area (TPSA) is 76.2 Å². The molecule has 0 aliphatic heterocycles. The van der Waals surface area contributed by atoms with E-state index < -0.39 is 23.8 Å². The summed E-state index contributed by atoms with van der Waals surface area (Å²) in [4.78, 5) is 14.1. The predicted molar refractivity (Wildman–Crippen MR) is 44.1 cm³/mol. The smallest absolute Gasteiger partial charge is 0.284 e. The van der Waals surface area contributed by atoms with Crippen molar-refractivity contribution < 1.29 is 18.7 Å². The van der Waals surface area contributed by atoms with Gasteiger partial charge in [0.2, 0.25) is 0 Å². The maximum absolute atomic E-state index is 12.2. The molecule has 0 saturated carbocycles. The third-order valence-electron chi connectivity index (χ3n) is 1.69. The van der Waals surface area contributed by atoms with Crippen molar-refractivity contribution in [1.82, 2.24) is 4.98 Å². The lowest BCUT2D eigenvalue weighted by molar-refractivity contribution is 0.0997. The Bertz CT molecular complexity index is 380. The molecule has 0 aliphatic rings. The summed E-state index contributed by atoms with van der Waals surface area (Å²) in [5, 5.41) is 9.08. The Labute approximate surface area is 78.4 Å². The van der Waals surface area contributed by atoms with Crippen LogP contribution in [0.2, 0.25) is 0 Å². The molecule has 6 heteroatoms. The molecule has 1 heterocycles. The van der Waals surface area contributed by atoms with E-state index in [9.17, 15) is 13.6 Å². The van der Waals surface area contributed by atoms with Crippen LogP contribution in [-0.4, -0.2) is 16.0 Å². The summed E-state index contributed by atoms with van der Waals surface area (Å²) in [6, 6.07) is 0.895. The second-order valence-electron chi connectivity index (χ2n) is 2.69. The van der Waals surface area contributed by atoms with Gasteiger partial charge in [-0.2, -0.15) is 0 Å². The number of hydrogen-bond acceptors (Lipinski definition) is 3. The van der Waals surface area contributed by atoms with E-state index in [0.29, 0.717) is 0 Å². The van der Waals surface area contributed by atoms with Gasteiger partial charge in [-0.15, -0.1) is 0 Å².